The molecular weight excluding hydrogens is 304 g/mol. The van der Waals surface area contributed by atoms with Crippen molar-refractivity contribution in [3.8, 4) is 11.4 Å². The van der Waals surface area contributed by atoms with Crippen LogP contribution in [0.3, 0.4) is 0 Å². The number of carbonyl (C=O) groups is 1. The molecule has 118 valence electrons. The van der Waals surface area contributed by atoms with Crippen LogP contribution in [0.15, 0.2) is 35.1 Å². The van der Waals surface area contributed by atoms with E-state index in [1.54, 1.807) is 4.57 Å². The van der Waals surface area contributed by atoms with Gasteiger partial charge in [0.15, 0.2) is 0 Å². The summed E-state index contributed by atoms with van der Waals surface area (Å²) < 4.78 is 6.77. The molecule has 0 bridgehead atoms. The van der Waals surface area contributed by atoms with E-state index in [1.165, 1.54) is 5.56 Å². The molecule has 0 unspecified atom stereocenters. The fourth-order valence-corrected chi connectivity index (χ4v) is 3.62. The monoisotopic (exact) mass is 318 g/mol. The van der Waals surface area contributed by atoms with Gasteiger partial charge in [-0.2, -0.15) is 0 Å². The van der Waals surface area contributed by atoms with Crippen molar-refractivity contribution in [3.63, 3.8) is 0 Å². The van der Waals surface area contributed by atoms with Crippen molar-refractivity contribution < 1.29 is 9.53 Å². The Kier molecular flexibility index (Phi) is 2.55. The number of carbonyl (C=O) groups excluding carboxylic acids is 1. The largest absolute Gasteiger partial charge is 0.460 e. The Morgan fingerprint density at radius 2 is 2.00 bits per heavy atom. The van der Waals surface area contributed by atoms with Crippen molar-refractivity contribution >= 4 is 16.9 Å². The Morgan fingerprint density at radius 1 is 1.12 bits per heavy atom. The first-order valence-corrected chi connectivity index (χ1v) is 7.92. The van der Waals surface area contributed by atoms with Crippen molar-refractivity contribution in [2.45, 2.75) is 26.5 Å². The lowest BCUT2D eigenvalue weighted by molar-refractivity contribution is -0.145. The molecule has 5 heteroatoms. The zero-order chi connectivity index (χ0) is 16.4. The molecule has 0 saturated carbocycles. The van der Waals surface area contributed by atoms with Crippen LogP contribution in [0, 0.1) is 6.92 Å². The molecule has 5 rings (SSSR count). The summed E-state index contributed by atoms with van der Waals surface area (Å²) in [7, 11) is 0. The second-order valence-electron chi connectivity index (χ2n) is 6.45. The number of cyclic esters (lactones) is 1. The molecule has 3 aromatic rings. The molecule has 0 spiro atoms. The highest BCUT2D eigenvalue weighted by atomic mass is 16.5. The molecule has 0 amide bonds. The van der Waals surface area contributed by atoms with Gasteiger partial charge in [-0.3, -0.25) is 9.59 Å². The quantitative estimate of drug-likeness (QED) is 0.467. The third kappa shape index (κ3) is 1.78. The van der Waals surface area contributed by atoms with Gasteiger partial charge < -0.3 is 9.30 Å². The predicted molar refractivity (Wildman–Crippen MR) is 88.8 cm³/mol. The standard InChI is InChI=1S/C19H14N2O3/c1-10-2-3-15-12(4-10)5-13-8-21-16(18(13)20-15)6-11-7-17(22)24-9-14(11)19(21)23/h2-6H,7-9H2,1H3. The topological polar surface area (TPSA) is 61.2 Å². The SMILES string of the molecule is Cc1ccc2nc3c(cc2c1)Cn1c-3cc2c(c1=O)COC(=O)C2. The Bertz CT molecular complexity index is 1110. The Hall–Kier alpha value is -2.95. The van der Waals surface area contributed by atoms with Gasteiger partial charge in [0.25, 0.3) is 5.56 Å². The first-order valence-electron chi connectivity index (χ1n) is 7.92. The number of fused-ring (bicyclic) bond motifs is 5. The minimum Gasteiger partial charge on any atom is -0.460 e. The second-order valence-corrected chi connectivity index (χ2v) is 6.45. The lowest BCUT2D eigenvalue weighted by Gasteiger charge is -2.17. The number of pyridine rings is 2. The van der Waals surface area contributed by atoms with E-state index in [1.807, 2.05) is 18.2 Å². The average Bonchev–Trinajstić information content (AvgIpc) is 2.90. The normalized spacial score (nSPS) is 15.0. The van der Waals surface area contributed by atoms with E-state index in [4.69, 9.17) is 9.72 Å². The highest BCUT2D eigenvalue weighted by Crippen LogP contribution is 2.33. The van der Waals surface area contributed by atoms with Crippen LogP contribution < -0.4 is 5.56 Å². The molecule has 0 fully saturated rings. The number of aryl methyl sites for hydroxylation is 1. The molecular formula is C19H14N2O3. The number of rotatable bonds is 0. The first kappa shape index (κ1) is 13.5. The van der Waals surface area contributed by atoms with Gasteiger partial charge in [-0.05, 0) is 36.8 Å². The summed E-state index contributed by atoms with van der Waals surface area (Å²) in [5, 5.41) is 1.08. The summed E-state index contributed by atoms with van der Waals surface area (Å²) >= 11 is 0. The molecule has 2 aromatic heterocycles. The lowest BCUT2D eigenvalue weighted by atomic mass is 10.0. The van der Waals surface area contributed by atoms with E-state index in [9.17, 15) is 9.59 Å². The zero-order valence-electron chi connectivity index (χ0n) is 13.1. The van der Waals surface area contributed by atoms with E-state index in [-0.39, 0.29) is 24.6 Å². The van der Waals surface area contributed by atoms with Gasteiger partial charge in [0, 0.05) is 10.9 Å². The number of benzene rings is 1. The van der Waals surface area contributed by atoms with Crippen LogP contribution in [0.1, 0.15) is 22.3 Å². The van der Waals surface area contributed by atoms with Gasteiger partial charge in [0.05, 0.1) is 35.4 Å². The molecule has 0 aliphatic carbocycles. The summed E-state index contributed by atoms with van der Waals surface area (Å²) in [5.41, 5.74) is 6.05. The first-order chi connectivity index (χ1) is 11.6. The highest BCUT2D eigenvalue weighted by Gasteiger charge is 2.28. The van der Waals surface area contributed by atoms with E-state index in [0.717, 1.165) is 33.4 Å². The van der Waals surface area contributed by atoms with E-state index in [2.05, 4.69) is 19.1 Å². The van der Waals surface area contributed by atoms with E-state index in [0.29, 0.717) is 12.1 Å². The number of hydrogen-bond donors (Lipinski definition) is 0. The molecule has 4 heterocycles. The van der Waals surface area contributed by atoms with Crippen LogP contribution in [-0.4, -0.2) is 15.5 Å². The summed E-state index contributed by atoms with van der Waals surface area (Å²) in [6.07, 6.45) is 0.153. The van der Waals surface area contributed by atoms with Crippen molar-refractivity contribution in [2.75, 3.05) is 0 Å². The van der Waals surface area contributed by atoms with Crippen LogP contribution in [0.5, 0.6) is 0 Å². The Balaban J connectivity index is 1.77. The lowest BCUT2D eigenvalue weighted by Crippen LogP contribution is -2.29. The maximum atomic E-state index is 12.8. The van der Waals surface area contributed by atoms with Gasteiger partial charge in [0.2, 0.25) is 0 Å². The summed E-state index contributed by atoms with van der Waals surface area (Å²) in [5.74, 6) is -0.285. The second kappa shape index (κ2) is 4.54. The summed E-state index contributed by atoms with van der Waals surface area (Å²) in [6, 6.07) is 10.2. The highest BCUT2D eigenvalue weighted by molar-refractivity contribution is 5.85. The summed E-state index contributed by atoms with van der Waals surface area (Å²) in [6.45, 7) is 2.64. The van der Waals surface area contributed by atoms with Gasteiger partial charge in [-0.1, -0.05) is 11.6 Å². The zero-order valence-corrected chi connectivity index (χ0v) is 13.1. The molecule has 0 saturated heterocycles. The molecule has 24 heavy (non-hydrogen) atoms. The van der Waals surface area contributed by atoms with Crippen molar-refractivity contribution in [1.29, 1.82) is 0 Å². The third-order valence-corrected chi connectivity index (χ3v) is 4.83. The van der Waals surface area contributed by atoms with Gasteiger partial charge in [0.1, 0.15) is 6.61 Å². The molecule has 2 aliphatic rings. The fourth-order valence-electron chi connectivity index (χ4n) is 3.62. The van der Waals surface area contributed by atoms with E-state index >= 15 is 0 Å². The van der Waals surface area contributed by atoms with Crippen molar-refractivity contribution in [1.82, 2.24) is 9.55 Å². The van der Waals surface area contributed by atoms with Gasteiger partial charge in [-0.15, -0.1) is 0 Å². The molecule has 2 aliphatic heterocycles. The number of esters is 1. The number of ether oxygens (including phenoxy) is 1. The third-order valence-electron chi connectivity index (χ3n) is 4.83. The van der Waals surface area contributed by atoms with Crippen molar-refractivity contribution in [3.05, 3.63) is 62.9 Å². The molecule has 1 aromatic carbocycles. The van der Waals surface area contributed by atoms with Crippen LogP contribution >= 0.6 is 0 Å². The smallest absolute Gasteiger partial charge is 0.310 e. The van der Waals surface area contributed by atoms with Crippen LogP contribution in [0.4, 0.5) is 0 Å². The minimum absolute atomic E-state index is 0.0677. The summed E-state index contributed by atoms with van der Waals surface area (Å²) in [4.78, 5) is 29.1. The van der Waals surface area contributed by atoms with Crippen molar-refractivity contribution in [2.24, 2.45) is 0 Å². The van der Waals surface area contributed by atoms with E-state index < -0.39 is 0 Å². The fraction of sp³-hybridized carbons (Fsp3) is 0.211. The minimum atomic E-state index is -0.285. The maximum Gasteiger partial charge on any atom is 0.310 e. The molecule has 0 atom stereocenters. The Labute approximate surface area is 137 Å². The molecule has 0 radical (unpaired) electrons. The number of hydrogen-bond acceptors (Lipinski definition) is 4. The van der Waals surface area contributed by atoms with Gasteiger partial charge in [-0.25, -0.2) is 4.98 Å². The average molecular weight is 318 g/mol. The maximum absolute atomic E-state index is 12.8. The molecule has 0 N–H and O–H groups in total. The number of nitrogens with zero attached hydrogens (tertiary/aromatic N) is 2. The van der Waals surface area contributed by atoms with Gasteiger partial charge >= 0.3 is 5.97 Å². The predicted octanol–water partition coefficient (Wildman–Crippen LogP) is 2.33. The molecule has 5 nitrogen and oxygen atoms in total. The number of aromatic nitrogens is 2. The van der Waals surface area contributed by atoms with Crippen LogP contribution in [0.2, 0.25) is 0 Å². The van der Waals surface area contributed by atoms with Crippen LogP contribution in [-0.2, 0) is 29.1 Å². The van der Waals surface area contributed by atoms with Crippen LogP contribution in [0.25, 0.3) is 22.3 Å². The Morgan fingerprint density at radius 3 is 2.88 bits per heavy atom.